The summed E-state index contributed by atoms with van der Waals surface area (Å²) < 4.78 is 0. The summed E-state index contributed by atoms with van der Waals surface area (Å²) >= 11 is 5.78. The monoisotopic (exact) mass is 330 g/mol. The van der Waals surface area contributed by atoms with E-state index in [2.05, 4.69) is 20.8 Å². The van der Waals surface area contributed by atoms with Crippen molar-refractivity contribution in [1.29, 1.82) is 0 Å². The average Bonchev–Trinajstić information content (AvgIpc) is 2.55. The maximum Gasteiger partial charge on any atom is 0.272 e. The van der Waals surface area contributed by atoms with Gasteiger partial charge in [-0.3, -0.25) is 14.6 Å². The van der Waals surface area contributed by atoms with E-state index in [1.165, 1.54) is 6.20 Å². The fourth-order valence-electron chi connectivity index (χ4n) is 1.72. The maximum absolute atomic E-state index is 11.9. The van der Waals surface area contributed by atoms with Gasteiger partial charge in [-0.25, -0.2) is 5.43 Å². The van der Waals surface area contributed by atoms with Crippen molar-refractivity contribution in [1.82, 2.24) is 10.4 Å². The lowest BCUT2D eigenvalue weighted by Gasteiger charge is -2.05. The Bertz CT molecular complexity index is 715. The van der Waals surface area contributed by atoms with Crippen LogP contribution in [-0.2, 0) is 4.79 Å². The van der Waals surface area contributed by atoms with Crippen LogP contribution in [0.1, 0.15) is 23.7 Å². The number of nitrogens with zero attached hydrogens (tertiary/aromatic N) is 2. The molecule has 1 aromatic heterocycles. The summed E-state index contributed by atoms with van der Waals surface area (Å²) in [6.07, 6.45) is 3.08. The summed E-state index contributed by atoms with van der Waals surface area (Å²) in [6.45, 7) is 1.66. The molecule has 6 nitrogen and oxygen atoms in total. The molecule has 0 spiro atoms. The fraction of sp³-hybridized carbons (Fsp3) is 0.125. The second kappa shape index (κ2) is 8.05. The molecule has 118 valence electrons. The number of carbonyl (C=O) groups is 2. The van der Waals surface area contributed by atoms with Gasteiger partial charge in [0.05, 0.1) is 12.0 Å². The highest BCUT2D eigenvalue weighted by atomic mass is 35.5. The third-order valence-corrected chi connectivity index (χ3v) is 3.07. The molecule has 0 fully saturated rings. The first-order valence-electron chi connectivity index (χ1n) is 6.83. The molecule has 23 heavy (non-hydrogen) atoms. The molecule has 1 aromatic carbocycles. The van der Waals surface area contributed by atoms with Gasteiger partial charge in [0.2, 0.25) is 5.91 Å². The standard InChI is InChI=1S/C16H15ClN4O2/c1-11(20-21-16(23)12-3-2-8-18-10-12)9-15(22)19-14-6-4-13(17)5-7-14/h2-8,10H,9H2,1H3,(H,19,22)(H,21,23)/b20-11-. The first-order valence-corrected chi connectivity index (χ1v) is 7.21. The van der Waals surface area contributed by atoms with E-state index in [0.29, 0.717) is 22.0 Å². The number of rotatable bonds is 5. The summed E-state index contributed by atoms with van der Waals surface area (Å²) in [5, 5.41) is 7.22. The maximum atomic E-state index is 11.9. The van der Waals surface area contributed by atoms with Crippen molar-refractivity contribution in [3.05, 3.63) is 59.4 Å². The van der Waals surface area contributed by atoms with E-state index >= 15 is 0 Å². The van der Waals surface area contributed by atoms with Gasteiger partial charge in [-0.1, -0.05) is 11.6 Å². The van der Waals surface area contributed by atoms with Crippen molar-refractivity contribution >= 4 is 34.8 Å². The van der Waals surface area contributed by atoms with E-state index in [-0.39, 0.29) is 18.2 Å². The number of halogens is 1. The highest BCUT2D eigenvalue weighted by Gasteiger charge is 2.07. The smallest absolute Gasteiger partial charge is 0.272 e. The number of pyridine rings is 1. The fourth-order valence-corrected chi connectivity index (χ4v) is 1.84. The van der Waals surface area contributed by atoms with Crippen LogP contribution in [0.5, 0.6) is 0 Å². The summed E-state index contributed by atoms with van der Waals surface area (Å²) in [5.74, 6) is -0.611. The molecule has 0 unspecified atom stereocenters. The lowest BCUT2D eigenvalue weighted by Crippen LogP contribution is -2.21. The molecule has 0 saturated carbocycles. The van der Waals surface area contributed by atoms with Crippen LogP contribution in [0.15, 0.2) is 53.9 Å². The number of hydrogen-bond donors (Lipinski definition) is 2. The molecule has 0 atom stereocenters. The predicted molar refractivity (Wildman–Crippen MR) is 89.5 cm³/mol. The van der Waals surface area contributed by atoms with E-state index in [4.69, 9.17) is 11.6 Å². The second-order valence-electron chi connectivity index (χ2n) is 4.76. The average molecular weight is 331 g/mol. The van der Waals surface area contributed by atoms with Crippen molar-refractivity contribution in [2.45, 2.75) is 13.3 Å². The SMILES string of the molecule is C/C(CC(=O)Nc1ccc(Cl)cc1)=N/NC(=O)c1cccnc1. The second-order valence-corrected chi connectivity index (χ2v) is 5.20. The Kier molecular flexibility index (Phi) is 5.82. The Labute approximate surface area is 138 Å². The third kappa shape index (κ3) is 5.52. The van der Waals surface area contributed by atoms with Gasteiger partial charge in [0.15, 0.2) is 0 Å². The number of anilines is 1. The molecule has 0 aliphatic heterocycles. The number of carbonyl (C=O) groups excluding carboxylic acids is 2. The molecule has 0 saturated heterocycles. The van der Waals surface area contributed by atoms with E-state index in [0.717, 1.165) is 0 Å². The lowest BCUT2D eigenvalue weighted by molar-refractivity contribution is -0.115. The molecule has 0 aliphatic carbocycles. The topological polar surface area (TPSA) is 83.5 Å². The largest absolute Gasteiger partial charge is 0.326 e. The molecule has 0 radical (unpaired) electrons. The number of amides is 2. The zero-order valence-electron chi connectivity index (χ0n) is 12.4. The van der Waals surface area contributed by atoms with E-state index in [1.807, 2.05) is 0 Å². The number of hydrogen-bond acceptors (Lipinski definition) is 4. The number of benzene rings is 1. The summed E-state index contributed by atoms with van der Waals surface area (Å²) in [6, 6.07) is 10.1. The van der Waals surface area contributed by atoms with Crippen molar-refractivity contribution < 1.29 is 9.59 Å². The van der Waals surface area contributed by atoms with Crippen molar-refractivity contribution in [2.24, 2.45) is 5.10 Å². The van der Waals surface area contributed by atoms with Gasteiger partial charge in [0.25, 0.3) is 5.91 Å². The Morgan fingerprint density at radius 1 is 1.22 bits per heavy atom. The first kappa shape index (κ1) is 16.6. The van der Waals surface area contributed by atoms with Crippen LogP contribution in [0.3, 0.4) is 0 Å². The van der Waals surface area contributed by atoms with Crippen molar-refractivity contribution in [2.75, 3.05) is 5.32 Å². The molecule has 0 bridgehead atoms. The normalized spacial score (nSPS) is 11.0. The minimum atomic E-state index is -0.379. The number of nitrogens with one attached hydrogen (secondary N) is 2. The van der Waals surface area contributed by atoms with Crippen LogP contribution in [-0.4, -0.2) is 22.5 Å². The van der Waals surface area contributed by atoms with Gasteiger partial charge in [0, 0.05) is 28.8 Å². The Morgan fingerprint density at radius 3 is 2.61 bits per heavy atom. The first-order chi connectivity index (χ1) is 11.0. The van der Waals surface area contributed by atoms with Crippen LogP contribution < -0.4 is 10.7 Å². The van der Waals surface area contributed by atoms with E-state index < -0.39 is 0 Å². The van der Waals surface area contributed by atoms with Gasteiger partial charge in [-0.15, -0.1) is 0 Å². The Balaban J connectivity index is 1.85. The highest BCUT2D eigenvalue weighted by molar-refractivity contribution is 6.30. The quantitative estimate of drug-likeness (QED) is 0.653. The molecule has 2 rings (SSSR count). The molecule has 0 aliphatic rings. The minimum Gasteiger partial charge on any atom is -0.326 e. The highest BCUT2D eigenvalue weighted by Crippen LogP contribution is 2.13. The van der Waals surface area contributed by atoms with Crippen LogP contribution >= 0.6 is 11.6 Å². The molecular formula is C16H15ClN4O2. The van der Waals surface area contributed by atoms with Crippen LogP contribution in [0, 0.1) is 0 Å². The number of hydrazone groups is 1. The predicted octanol–water partition coefficient (Wildman–Crippen LogP) is 2.87. The van der Waals surface area contributed by atoms with Crippen molar-refractivity contribution in [3.63, 3.8) is 0 Å². The Morgan fingerprint density at radius 2 is 1.96 bits per heavy atom. The van der Waals surface area contributed by atoms with Crippen LogP contribution in [0.4, 0.5) is 5.69 Å². The molecule has 2 N–H and O–H groups in total. The number of aromatic nitrogens is 1. The molecule has 1 heterocycles. The lowest BCUT2D eigenvalue weighted by atomic mass is 10.2. The Hall–Kier alpha value is -2.73. The van der Waals surface area contributed by atoms with Crippen molar-refractivity contribution in [3.8, 4) is 0 Å². The third-order valence-electron chi connectivity index (χ3n) is 2.82. The van der Waals surface area contributed by atoms with Gasteiger partial charge >= 0.3 is 0 Å². The van der Waals surface area contributed by atoms with E-state index in [1.54, 1.807) is 49.5 Å². The zero-order valence-corrected chi connectivity index (χ0v) is 13.2. The molecular weight excluding hydrogens is 316 g/mol. The van der Waals surface area contributed by atoms with Crippen LogP contribution in [0.25, 0.3) is 0 Å². The minimum absolute atomic E-state index is 0.0654. The molecule has 2 aromatic rings. The summed E-state index contributed by atoms with van der Waals surface area (Å²) in [4.78, 5) is 27.5. The summed E-state index contributed by atoms with van der Waals surface area (Å²) in [5.41, 5.74) is 3.91. The van der Waals surface area contributed by atoms with Crippen LogP contribution in [0.2, 0.25) is 5.02 Å². The molecule has 7 heteroatoms. The van der Waals surface area contributed by atoms with Gasteiger partial charge in [-0.05, 0) is 43.3 Å². The molecule has 2 amide bonds. The zero-order chi connectivity index (χ0) is 16.7. The van der Waals surface area contributed by atoms with E-state index in [9.17, 15) is 9.59 Å². The summed E-state index contributed by atoms with van der Waals surface area (Å²) in [7, 11) is 0. The van der Waals surface area contributed by atoms with Gasteiger partial charge in [-0.2, -0.15) is 5.10 Å². The van der Waals surface area contributed by atoms with Gasteiger partial charge < -0.3 is 5.32 Å². The van der Waals surface area contributed by atoms with Gasteiger partial charge in [0.1, 0.15) is 0 Å².